The van der Waals surface area contributed by atoms with Gasteiger partial charge in [0.25, 0.3) is 5.56 Å². The van der Waals surface area contributed by atoms with E-state index in [0.29, 0.717) is 29.6 Å². The second-order valence-electron chi connectivity index (χ2n) is 12.0. The van der Waals surface area contributed by atoms with E-state index in [9.17, 15) is 9.59 Å². The molecule has 1 aliphatic heterocycles. The highest BCUT2D eigenvalue weighted by molar-refractivity contribution is 5.90. The number of carbonyl (C=O) groups excluding carboxylic acids is 1. The molecule has 3 aliphatic carbocycles. The Morgan fingerprint density at radius 3 is 2.67 bits per heavy atom. The van der Waals surface area contributed by atoms with Crippen LogP contribution in [0.25, 0.3) is 10.8 Å². The van der Waals surface area contributed by atoms with E-state index in [-0.39, 0.29) is 16.9 Å². The Hall–Kier alpha value is -2.92. The van der Waals surface area contributed by atoms with Crippen molar-refractivity contribution in [2.45, 2.75) is 51.1 Å². The number of hydrogen-bond acceptors (Lipinski definition) is 4. The van der Waals surface area contributed by atoms with E-state index < -0.39 is 0 Å². The van der Waals surface area contributed by atoms with Crippen LogP contribution in [0.15, 0.2) is 65.6 Å². The molecule has 5 heteroatoms. The predicted octanol–water partition coefficient (Wildman–Crippen LogP) is 5.23. The average molecular weight is 482 g/mol. The van der Waals surface area contributed by atoms with Gasteiger partial charge in [0.2, 0.25) is 0 Å². The van der Waals surface area contributed by atoms with E-state index in [1.54, 1.807) is 6.20 Å². The third-order valence-corrected chi connectivity index (χ3v) is 9.84. The van der Waals surface area contributed by atoms with Crippen LogP contribution in [0.4, 0.5) is 5.69 Å². The molecule has 36 heavy (non-hydrogen) atoms. The minimum atomic E-state index is -0.0364. The van der Waals surface area contributed by atoms with Gasteiger partial charge in [-0.1, -0.05) is 30.3 Å². The largest absolute Gasteiger partial charge is 0.382 e. The number of H-pyrrole nitrogens is 1. The summed E-state index contributed by atoms with van der Waals surface area (Å²) in [5.41, 5.74) is 2.41. The number of aromatic amines is 1. The van der Waals surface area contributed by atoms with Gasteiger partial charge < -0.3 is 10.3 Å². The summed E-state index contributed by atoms with van der Waals surface area (Å²) in [5, 5.41) is 5.47. The smallest absolute Gasteiger partial charge is 0.255 e. The lowest BCUT2D eigenvalue weighted by Crippen LogP contribution is -2.69. The second-order valence-corrected chi connectivity index (χ2v) is 12.0. The SMILES string of the molecule is O=C([C@@H]1CCCN(Cc2ccccc2)C1)C12C[C@H]3CC(Nc4ccc5c(=O)[nH]ccc5c4)C[C@@H](C1)C32. The third-order valence-electron chi connectivity index (χ3n) is 9.84. The minimum absolute atomic E-state index is 0.00467. The normalized spacial score (nSPS) is 33.3. The van der Waals surface area contributed by atoms with Crippen molar-refractivity contribution in [2.24, 2.45) is 29.1 Å². The summed E-state index contributed by atoms with van der Waals surface area (Å²) in [5.74, 6) is 2.82. The number of carbonyl (C=O) groups is 1. The molecule has 0 radical (unpaired) electrons. The van der Waals surface area contributed by atoms with E-state index in [4.69, 9.17) is 0 Å². The first-order chi connectivity index (χ1) is 17.6. The van der Waals surface area contributed by atoms with Crippen molar-refractivity contribution in [3.63, 3.8) is 0 Å². The van der Waals surface area contributed by atoms with Gasteiger partial charge in [-0.3, -0.25) is 14.5 Å². The molecule has 186 valence electrons. The molecule has 3 saturated carbocycles. The zero-order chi connectivity index (χ0) is 24.3. The van der Waals surface area contributed by atoms with Crippen molar-refractivity contribution >= 4 is 22.2 Å². The molecule has 4 aliphatic rings. The van der Waals surface area contributed by atoms with E-state index in [1.165, 1.54) is 5.56 Å². The fourth-order valence-corrected chi connectivity index (χ4v) is 8.46. The average Bonchev–Trinajstić information content (AvgIpc) is 2.86. The van der Waals surface area contributed by atoms with Gasteiger partial charge in [0.05, 0.1) is 0 Å². The second kappa shape index (κ2) is 8.58. The number of anilines is 1. The van der Waals surface area contributed by atoms with Crippen molar-refractivity contribution in [1.82, 2.24) is 9.88 Å². The summed E-state index contributed by atoms with van der Waals surface area (Å²) in [7, 11) is 0. The minimum Gasteiger partial charge on any atom is -0.382 e. The first-order valence-corrected chi connectivity index (χ1v) is 13.8. The molecule has 2 N–H and O–H groups in total. The number of nitrogens with one attached hydrogen (secondary N) is 2. The Morgan fingerprint density at radius 2 is 1.86 bits per heavy atom. The van der Waals surface area contributed by atoms with Crippen LogP contribution in [0.1, 0.15) is 44.1 Å². The Labute approximate surface area is 212 Å². The fraction of sp³-hybridized carbons (Fsp3) is 0.484. The van der Waals surface area contributed by atoms with Gasteiger partial charge in [0.1, 0.15) is 5.78 Å². The number of aromatic nitrogens is 1. The molecule has 0 amide bonds. The van der Waals surface area contributed by atoms with E-state index in [2.05, 4.69) is 51.6 Å². The van der Waals surface area contributed by atoms with Crippen LogP contribution in [-0.2, 0) is 11.3 Å². The highest BCUT2D eigenvalue weighted by Crippen LogP contribution is 2.72. The topological polar surface area (TPSA) is 65.2 Å². The van der Waals surface area contributed by atoms with Crippen molar-refractivity contribution in [2.75, 3.05) is 18.4 Å². The lowest BCUT2D eigenvalue weighted by molar-refractivity contribution is -0.213. The highest BCUT2D eigenvalue weighted by atomic mass is 16.1. The molecule has 0 bridgehead atoms. The van der Waals surface area contributed by atoms with Crippen molar-refractivity contribution < 1.29 is 4.79 Å². The monoisotopic (exact) mass is 481 g/mol. The number of ketones is 1. The number of rotatable bonds is 6. The van der Waals surface area contributed by atoms with Crippen LogP contribution in [0.5, 0.6) is 0 Å². The van der Waals surface area contributed by atoms with Gasteiger partial charge in [0.15, 0.2) is 0 Å². The first-order valence-electron chi connectivity index (χ1n) is 13.8. The number of Topliss-reactive ketones (excluding diaryl/α,β-unsaturated/α-hetero) is 1. The molecule has 3 unspecified atom stereocenters. The van der Waals surface area contributed by atoms with Crippen molar-refractivity contribution in [3.8, 4) is 0 Å². The summed E-state index contributed by atoms with van der Waals surface area (Å²) < 4.78 is 0. The Morgan fingerprint density at radius 1 is 1.06 bits per heavy atom. The first kappa shape index (κ1) is 22.3. The maximum absolute atomic E-state index is 13.8. The molecule has 4 fully saturated rings. The van der Waals surface area contributed by atoms with Crippen LogP contribution >= 0.6 is 0 Å². The van der Waals surface area contributed by atoms with Gasteiger partial charge >= 0.3 is 0 Å². The number of fused-ring (bicyclic) bond motifs is 1. The Balaban J connectivity index is 0.984. The number of pyridine rings is 1. The van der Waals surface area contributed by atoms with Gasteiger partial charge in [-0.2, -0.15) is 0 Å². The quantitative estimate of drug-likeness (QED) is 0.506. The number of likely N-dealkylation sites (tertiary alicyclic amines) is 1. The maximum atomic E-state index is 13.8. The number of hydrogen-bond donors (Lipinski definition) is 2. The lowest BCUT2D eigenvalue weighted by Gasteiger charge is -2.70. The molecule has 2 aromatic carbocycles. The van der Waals surface area contributed by atoms with Crippen LogP contribution in [0.3, 0.4) is 0 Å². The summed E-state index contributed by atoms with van der Waals surface area (Å²) in [6, 6.07) is 19.1. The molecule has 2 heterocycles. The van der Waals surface area contributed by atoms with Gasteiger partial charge in [-0.05, 0) is 98.0 Å². The predicted molar refractivity (Wildman–Crippen MR) is 143 cm³/mol. The van der Waals surface area contributed by atoms with Crippen molar-refractivity contribution in [1.29, 1.82) is 0 Å². The van der Waals surface area contributed by atoms with E-state index in [0.717, 1.165) is 74.6 Å². The molecule has 3 aromatic rings. The van der Waals surface area contributed by atoms with Crippen molar-refractivity contribution in [3.05, 3.63) is 76.7 Å². The zero-order valence-corrected chi connectivity index (χ0v) is 20.8. The van der Waals surface area contributed by atoms with Gasteiger partial charge in [-0.15, -0.1) is 0 Å². The third kappa shape index (κ3) is 3.62. The van der Waals surface area contributed by atoms with Crippen LogP contribution in [-0.4, -0.2) is 34.8 Å². The van der Waals surface area contributed by atoms with E-state index >= 15 is 0 Å². The van der Waals surface area contributed by atoms with Gasteiger partial charge in [0, 0.05) is 47.7 Å². The zero-order valence-electron chi connectivity index (χ0n) is 20.8. The number of nitrogens with zero attached hydrogens (tertiary/aromatic N) is 1. The summed E-state index contributed by atoms with van der Waals surface area (Å²) in [6.07, 6.45) is 8.46. The maximum Gasteiger partial charge on any atom is 0.255 e. The molecule has 5 nitrogen and oxygen atoms in total. The molecule has 0 spiro atoms. The highest BCUT2D eigenvalue weighted by Gasteiger charge is 2.70. The van der Waals surface area contributed by atoms with Crippen LogP contribution in [0, 0.1) is 29.1 Å². The Kier molecular flexibility index (Phi) is 5.32. The standard InChI is InChI=1S/C31H35N3O2/c35-29(22-7-4-12-34(19-22)18-20-5-2-1-3-6-20)31-16-23-14-26(15-24(17-31)28(23)31)33-25-8-9-27-21(13-25)10-11-32-30(27)36/h1-3,5-6,8-11,13,22-24,26,28,33H,4,7,12,14-19H2,(H,32,36)/t22-,23-,24+,26?,28?,31?/m1/s1. The summed E-state index contributed by atoms with van der Waals surface area (Å²) >= 11 is 0. The summed E-state index contributed by atoms with van der Waals surface area (Å²) in [4.78, 5) is 31.1. The molecule has 6 atom stereocenters. The lowest BCUT2D eigenvalue weighted by atomic mass is 9.33. The molecule has 7 rings (SSSR count). The summed E-state index contributed by atoms with van der Waals surface area (Å²) in [6.45, 7) is 3.01. The molecular weight excluding hydrogens is 446 g/mol. The van der Waals surface area contributed by atoms with Gasteiger partial charge in [-0.25, -0.2) is 0 Å². The number of piperidine rings is 1. The Bertz CT molecular complexity index is 1330. The molecule has 1 aromatic heterocycles. The number of benzene rings is 2. The van der Waals surface area contributed by atoms with Crippen LogP contribution in [0.2, 0.25) is 0 Å². The van der Waals surface area contributed by atoms with Crippen LogP contribution < -0.4 is 10.9 Å². The fourth-order valence-electron chi connectivity index (χ4n) is 8.46. The van der Waals surface area contributed by atoms with E-state index in [1.807, 2.05) is 18.2 Å². The molecule has 1 saturated heterocycles. The molecular formula is C31H35N3O2.